The molecule has 144 valence electrons. The first-order valence-electron chi connectivity index (χ1n) is 9.49. The summed E-state index contributed by atoms with van der Waals surface area (Å²) in [4.78, 5) is 14.8. The van der Waals surface area contributed by atoms with Crippen molar-refractivity contribution in [2.75, 3.05) is 32.8 Å². The largest absolute Gasteiger partial charge is 0.486 e. The second-order valence-electron chi connectivity index (χ2n) is 7.64. The molecule has 0 aliphatic carbocycles. The van der Waals surface area contributed by atoms with E-state index in [1.165, 1.54) is 0 Å². The second-order valence-corrected chi connectivity index (χ2v) is 7.64. The maximum absolute atomic E-state index is 12.7. The lowest BCUT2D eigenvalue weighted by atomic mass is 9.95. The Morgan fingerprint density at radius 3 is 2.46 bits per heavy atom. The second kappa shape index (κ2) is 8.27. The van der Waals surface area contributed by atoms with Gasteiger partial charge in [-0.3, -0.25) is 9.69 Å². The van der Waals surface area contributed by atoms with Crippen molar-refractivity contribution in [1.29, 1.82) is 0 Å². The van der Waals surface area contributed by atoms with Gasteiger partial charge < -0.3 is 19.5 Å². The number of rotatable bonds is 5. The Bertz CT molecular complexity index is 624. The molecule has 1 aromatic carbocycles. The Kier molecular flexibility index (Phi) is 6.04. The van der Waals surface area contributed by atoms with Crippen molar-refractivity contribution in [3.63, 3.8) is 0 Å². The molecule has 3 atom stereocenters. The average molecular weight is 362 g/mol. The van der Waals surface area contributed by atoms with E-state index in [0.29, 0.717) is 19.8 Å². The third-order valence-electron chi connectivity index (χ3n) is 4.77. The minimum atomic E-state index is -0.0609. The number of amides is 1. The van der Waals surface area contributed by atoms with Gasteiger partial charge >= 0.3 is 0 Å². The lowest BCUT2D eigenvalue weighted by Gasteiger charge is -2.35. The normalized spacial score (nSPS) is 24.3. The van der Waals surface area contributed by atoms with Gasteiger partial charge in [-0.05, 0) is 37.5 Å². The first kappa shape index (κ1) is 19.0. The highest BCUT2D eigenvalue weighted by Gasteiger charge is 2.26. The number of carbonyl (C=O) groups excluding carboxylic acids is 1. The van der Waals surface area contributed by atoms with Crippen molar-refractivity contribution in [1.82, 2.24) is 10.2 Å². The molecule has 2 aliphatic rings. The molecule has 1 amide bonds. The van der Waals surface area contributed by atoms with E-state index in [4.69, 9.17) is 14.2 Å². The summed E-state index contributed by atoms with van der Waals surface area (Å²) in [5.41, 5.74) is 1.04. The molecule has 2 aliphatic heterocycles. The molecule has 26 heavy (non-hydrogen) atoms. The van der Waals surface area contributed by atoms with Gasteiger partial charge in [0.05, 0.1) is 24.8 Å². The molecule has 0 saturated carbocycles. The molecular weight excluding hydrogens is 332 g/mol. The monoisotopic (exact) mass is 362 g/mol. The van der Waals surface area contributed by atoms with Gasteiger partial charge in [0, 0.05) is 13.1 Å². The van der Waals surface area contributed by atoms with Crippen LogP contribution in [0.25, 0.3) is 0 Å². The zero-order valence-corrected chi connectivity index (χ0v) is 16.2. The third-order valence-corrected chi connectivity index (χ3v) is 4.77. The fourth-order valence-corrected chi connectivity index (χ4v) is 3.72. The van der Waals surface area contributed by atoms with Crippen LogP contribution in [0.15, 0.2) is 18.2 Å². The maximum atomic E-state index is 12.7. The summed E-state index contributed by atoms with van der Waals surface area (Å²) in [6, 6.07) is 5.86. The van der Waals surface area contributed by atoms with Crippen molar-refractivity contribution in [3.05, 3.63) is 23.8 Å². The number of fused-ring (bicyclic) bond motifs is 1. The lowest BCUT2D eigenvalue weighted by Crippen LogP contribution is -2.49. The van der Waals surface area contributed by atoms with Crippen LogP contribution in [0.3, 0.4) is 0 Å². The molecule has 0 aromatic heterocycles. The van der Waals surface area contributed by atoms with Crippen molar-refractivity contribution < 1.29 is 19.0 Å². The van der Waals surface area contributed by atoms with Gasteiger partial charge in [0.15, 0.2) is 11.5 Å². The molecule has 0 bridgehead atoms. The van der Waals surface area contributed by atoms with Crippen LogP contribution in [-0.2, 0) is 9.53 Å². The summed E-state index contributed by atoms with van der Waals surface area (Å²) in [5.74, 6) is 1.83. The highest BCUT2D eigenvalue weighted by atomic mass is 16.6. The van der Waals surface area contributed by atoms with Gasteiger partial charge in [-0.2, -0.15) is 0 Å². The van der Waals surface area contributed by atoms with Crippen LogP contribution in [0.4, 0.5) is 0 Å². The Balaban J connectivity index is 1.65. The molecule has 1 aromatic rings. The summed E-state index contributed by atoms with van der Waals surface area (Å²) >= 11 is 0. The standard InChI is InChI=1S/C20H30N2O4/c1-13(2)20(16-5-6-17-18(9-16)25-8-7-24-17)21-19(23)12-22-10-14(3)26-15(4)11-22/h5-6,9,13-15,20H,7-8,10-12H2,1-4H3,(H,21,23)/t14-,15+,20-/m0/s1. The van der Waals surface area contributed by atoms with E-state index in [-0.39, 0.29) is 30.1 Å². The Hall–Kier alpha value is -1.79. The number of hydrogen-bond acceptors (Lipinski definition) is 5. The number of hydrogen-bond donors (Lipinski definition) is 1. The predicted molar refractivity (Wildman–Crippen MR) is 99.6 cm³/mol. The van der Waals surface area contributed by atoms with Gasteiger partial charge in [-0.1, -0.05) is 19.9 Å². The molecule has 3 rings (SSSR count). The Morgan fingerprint density at radius 2 is 1.81 bits per heavy atom. The number of benzene rings is 1. The topological polar surface area (TPSA) is 60.0 Å². The minimum absolute atomic E-state index is 0.0416. The molecule has 0 spiro atoms. The molecule has 0 radical (unpaired) electrons. The van der Waals surface area contributed by atoms with Crippen LogP contribution in [0.5, 0.6) is 11.5 Å². The van der Waals surface area contributed by atoms with Crippen LogP contribution in [-0.4, -0.2) is 55.9 Å². The number of morpholine rings is 1. The van der Waals surface area contributed by atoms with Crippen molar-refractivity contribution >= 4 is 5.91 Å². The highest BCUT2D eigenvalue weighted by molar-refractivity contribution is 5.78. The summed E-state index contributed by atoms with van der Waals surface area (Å²) in [6.45, 7) is 11.4. The summed E-state index contributed by atoms with van der Waals surface area (Å²) < 4.78 is 17.0. The zero-order valence-electron chi connectivity index (χ0n) is 16.2. The molecular formula is C20H30N2O4. The predicted octanol–water partition coefficient (Wildman–Crippen LogP) is 2.38. The fraction of sp³-hybridized carbons (Fsp3) is 0.650. The van der Waals surface area contributed by atoms with Crippen molar-refractivity contribution in [3.8, 4) is 11.5 Å². The molecule has 2 heterocycles. The van der Waals surface area contributed by atoms with E-state index in [0.717, 1.165) is 30.2 Å². The van der Waals surface area contributed by atoms with Gasteiger partial charge in [-0.25, -0.2) is 0 Å². The van der Waals surface area contributed by atoms with Gasteiger partial charge in [0.2, 0.25) is 5.91 Å². The van der Waals surface area contributed by atoms with Crippen LogP contribution in [0, 0.1) is 5.92 Å². The minimum Gasteiger partial charge on any atom is -0.486 e. The molecule has 0 unspecified atom stereocenters. The van der Waals surface area contributed by atoms with Crippen LogP contribution in [0.2, 0.25) is 0 Å². The van der Waals surface area contributed by atoms with E-state index in [9.17, 15) is 4.79 Å². The van der Waals surface area contributed by atoms with Gasteiger partial charge in [-0.15, -0.1) is 0 Å². The number of nitrogens with one attached hydrogen (secondary N) is 1. The van der Waals surface area contributed by atoms with Crippen molar-refractivity contribution in [2.24, 2.45) is 5.92 Å². The molecule has 1 fully saturated rings. The SMILES string of the molecule is CC(C)[C@H](NC(=O)CN1C[C@@H](C)O[C@@H](C)C1)c1ccc2c(c1)OCCO2. The summed E-state index contributed by atoms with van der Waals surface area (Å²) in [5, 5.41) is 3.20. The van der Waals surface area contributed by atoms with Gasteiger partial charge in [0.25, 0.3) is 0 Å². The Morgan fingerprint density at radius 1 is 1.15 bits per heavy atom. The van der Waals surface area contributed by atoms with E-state index in [1.807, 2.05) is 32.0 Å². The maximum Gasteiger partial charge on any atom is 0.234 e. The zero-order chi connectivity index (χ0) is 18.7. The molecule has 6 heteroatoms. The molecule has 1 N–H and O–H groups in total. The van der Waals surface area contributed by atoms with E-state index >= 15 is 0 Å². The quantitative estimate of drug-likeness (QED) is 0.871. The molecule has 6 nitrogen and oxygen atoms in total. The van der Waals surface area contributed by atoms with E-state index in [2.05, 4.69) is 24.1 Å². The Labute approximate surface area is 155 Å². The molecule has 1 saturated heterocycles. The number of carbonyl (C=O) groups is 1. The number of ether oxygens (including phenoxy) is 3. The number of nitrogens with zero attached hydrogens (tertiary/aromatic N) is 1. The lowest BCUT2D eigenvalue weighted by molar-refractivity contribution is -0.127. The summed E-state index contributed by atoms with van der Waals surface area (Å²) in [6.07, 6.45) is 0.315. The smallest absolute Gasteiger partial charge is 0.234 e. The van der Waals surface area contributed by atoms with Crippen LogP contribution < -0.4 is 14.8 Å². The summed E-state index contributed by atoms with van der Waals surface area (Å²) in [7, 11) is 0. The highest BCUT2D eigenvalue weighted by Crippen LogP contribution is 2.34. The first-order chi connectivity index (χ1) is 12.4. The average Bonchev–Trinajstić information content (AvgIpc) is 2.58. The van der Waals surface area contributed by atoms with E-state index in [1.54, 1.807) is 0 Å². The van der Waals surface area contributed by atoms with Crippen LogP contribution in [0.1, 0.15) is 39.3 Å². The third kappa shape index (κ3) is 4.68. The van der Waals surface area contributed by atoms with Crippen molar-refractivity contribution in [2.45, 2.75) is 45.9 Å². The van der Waals surface area contributed by atoms with Gasteiger partial charge in [0.1, 0.15) is 13.2 Å². The first-order valence-corrected chi connectivity index (χ1v) is 9.49. The fourth-order valence-electron chi connectivity index (χ4n) is 3.72. The van der Waals surface area contributed by atoms with Crippen LogP contribution >= 0.6 is 0 Å². The van der Waals surface area contributed by atoms with E-state index < -0.39 is 0 Å².